The third-order valence-electron chi connectivity index (χ3n) is 7.55. The van der Waals surface area contributed by atoms with Crippen molar-refractivity contribution in [3.8, 4) is 11.5 Å². The van der Waals surface area contributed by atoms with Crippen LogP contribution < -0.4 is 15.2 Å². The van der Waals surface area contributed by atoms with Crippen LogP contribution in [0.3, 0.4) is 0 Å². The molecule has 0 saturated carbocycles. The molecule has 4 rings (SSSR count). The van der Waals surface area contributed by atoms with E-state index in [1.807, 2.05) is 0 Å². The highest BCUT2D eigenvalue weighted by Gasteiger charge is 2.48. The van der Waals surface area contributed by atoms with Crippen LogP contribution in [0, 0.1) is 11.8 Å². The summed E-state index contributed by atoms with van der Waals surface area (Å²) in [6.45, 7) is 6.55. The highest BCUT2D eigenvalue weighted by atomic mass is 32.2. The fourth-order valence-electron chi connectivity index (χ4n) is 5.31. The summed E-state index contributed by atoms with van der Waals surface area (Å²) in [6, 6.07) is 7.68. The van der Waals surface area contributed by atoms with Crippen molar-refractivity contribution >= 4 is 39.3 Å². The molecule has 14 heteroatoms. The topological polar surface area (TPSA) is 189 Å². The SMILES string of the molecule is CCOc1cc([C@@H](CS(C)(=O)=O)N2C(=O)c3cccc(N)c3C2=O)ccc1O[C@@H]1O[C@H](C(=O)O)[C@@H](OC(C)=O)[C@H](C)[C@H]1C. The molecule has 2 amide bonds. The molecule has 0 unspecified atom stereocenters. The van der Waals surface area contributed by atoms with Crippen molar-refractivity contribution in [1.29, 1.82) is 0 Å². The van der Waals surface area contributed by atoms with Gasteiger partial charge in [-0.05, 0) is 36.8 Å². The molecule has 0 spiro atoms. The average molecular weight is 619 g/mol. The van der Waals surface area contributed by atoms with E-state index in [0.29, 0.717) is 0 Å². The van der Waals surface area contributed by atoms with Gasteiger partial charge in [0.05, 0.1) is 29.5 Å². The second-order valence-electron chi connectivity index (χ2n) is 10.7. The van der Waals surface area contributed by atoms with E-state index in [-0.39, 0.29) is 40.5 Å². The van der Waals surface area contributed by atoms with E-state index in [4.69, 9.17) is 24.7 Å². The maximum atomic E-state index is 13.4. The number of hydrogen-bond donors (Lipinski definition) is 2. The number of carbonyl (C=O) groups excluding carboxylic acids is 3. The van der Waals surface area contributed by atoms with E-state index in [9.17, 15) is 32.7 Å². The number of sulfone groups is 1. The molecule has 2 aliphatic heterocycles. The van der Waals surface area contributed by atoms with E-state index < -0.39 is 75.7 Å². The number of aliphatic carboxylic acids is 1. The molecule has 0 bridgehead atoms. The number of fused-ring (bicyclic) bond motifs is 1. The largest absolute Gasteiger partial charge is 0.490 e. The number of amides is 2. The highest BCUT2D eigenvalue weighted by molar-refractivity contribution is 7.90. The minimum absolute atomic E-state index is 0.00795. The van der Waals surface area contributed by atoms with E-state index in [1.54, 1.807) is 20.8 Å². The molecule has 13 nitrogen and oxygen atoms in total. The molecule has 0 aromatic heterocycles. The second-order valence-corrected chi connectivity index (χ2v) is 12.9. The average Bonchev–Trinajstić information content (AvgIpc) is 3.17. The first kappa shape index (κ1) is 31.8. The molecule has 0 aliphatic carbocycles. The van der Waals surface area contributed by atoms with Crippen LogP contribution in [-0.4, -0.2) is 79.3 Å². The Labute approximate surface area is 248 Å². The molecule has 0 radical (unpaired) electrons. The predicted octanol–water partition coefficient (Wildman–Crippen LogP) is 2.44. The fourth-order valence-corrected chi connectivity index (χ4v) is 6.22. The van der Waals surface area contributed by atoms with Gasteiger partial charge in [-0.25, -0.2) is 13.2 Å². The van der Waals surface area contributed by atoms with Gasteiger partial charge >= 0.3 is 11.9 Å². The number of carboxylic acids is 1. The van der Waals surface area contributed by atoms with Crippen LogP contribution >= 0.6 is 0 Å². The Hall–Kier alpha value is -4.17. The summed E-state index contributed by atoms with van der Waals surface area (Å²) < 4.78 is 47.8. The van der Waals surface area contributed by atoms with Gasteiger partial charge in [0.25, 0.3) is 11.8 Å². The minimum atomic E-state index is -3.71. The molecule has 3 N–H and O–H groups in total. The molecule has 2 aromatic carbocycles. The first-order valence-corrected chi connectivity index (χ1v) is 15.6. The van der Waals surface area contributed by atoms with Gasteiger partial charge in [0.15, 0.2) is 17.6 Å². The monoisotopic (exact) mass is 618 g/mol. The maximum Gasteiger partial charge on any atom is 0.336 e. The number of carboxylic acid groups (broad SMARTS) is 1. The van der Waals surface area contributed by atoms with Crippen molar-refractivity contribution < 1.29 is 51.6 Å². The Kier molecular flexibility index (Phi) is 9.02. The molecule has 2 aromatic rings. The Bertz CT molecular complexity index is 1560. The summed E-state index contributed by atoms with van der Waals surface area (Å²) >= 11 is 0. The highest BCUT2D eigenvalue weighted by Crippen LogP contribution is 2.40. The zero-order valence-electron chi connectivity index (χ0n) is 24.3. The van der Waals surface area contributed by atoms with Gasteiger partial charge < -0.3 is 29.8 Å². The number of nitrogens with two attached hydrogens (primary N) is 1. The van der Waals surface area contributed by atoms with Gasteiger partial charge in [0.1, 0.15) is 15.9 Å². The first-order valence-electron chi connectivity index (χ1n) is 13.6. The van der Waals surface area contributed by atoms with Crippen LogP contribution in [-0.2, 0) is 28.9 Å². The molecule has 43 heavy (non-hydrogen) atoms. The maximum absolute atomic E-state index is 13.4. The van der Waals surface area contributed by atoms with Crippen LogP contribution in [0.2, 0.25) is 0 Å². The predicted molar refractivity (Wildman–Crippen MR) is 152 cm³/mol. The number of nitrogen functional groups attached to an aromatic ring is 1. The summed E-state index contributed by atoms with van der Waals surface area (Å²) in [5.41, 5.74) is 6.44. The molecular formula is C29H34N2O11S. The van der Waals surface area contributed by atoms with E-state index in [2.05, 4.69) is 0 Å². The number of carbonyl (C=O) groups is 4. The standard InChI is InChI=1S/C29H34N2O11S/c1-6-39-22-12-17(20(13-43(5,37)38)31-26(33)18-8-7-9-19(30)23(18)27(31)34)10-11-21(22)41-29-15(3)14(2)24(40-16(4)32)25(42-29)28(35)36/h7-12,14-15,20,24-25,29H,6,13,30H2,1-5H3,(H,35,36)/t14-,15-,20-,24+,25+,29-/m1/s1. The first-order chi connectivity index (χ1) is 20.1. The molecule has 6 atom stereocenters. The molecule has 1 saturated heterocycles. The van der Waals surface area contributed by atoms with Gasteiger partial charge in [-0.15, -0.1) is 0 Å². The van der Waals surface area contributed by atoms with E-state index >= 15 is 0 Å². The van der Waals surface area contributed by atoms with E-state index in [1.165, 1.54) is 43.3 Å². The summed E-state index contributed by atoms with van der Waals surface area (Å²) in [4.78, 5) is 51.2. The van der Waals surface area contributed by atoms with Crippen molar-refractivity contribution in [2.45, 2.75) is 52.2 Å². The lowest BCUT2D eigenvalue weighted by Gasteiger charge is -2.42. The Morgan fingerprint density at radius 3 is 2.37 bits per heavy atom. The smallest absolute Gasteiger partial charge is 0.336 e. The van der Waals surface area contributed by atoms with Gasteiger partial charge in [-0.1, -0.05) is 26.0 Å². The Balaban J connectivity index is 1.70. The quantitative estimate of drug-likeness (QED) is 0.225. The van der Waals surface area contributed by atoms with Gasteiger partial charge in [0.2, 0.25) is 6.29 Å². The zero-order chi connectivity index (χ0) is 31.8. The number of esters is 1. The van der Waals surface area contributed by atoms with Crippen LogP contribution in [0.4, 0.5) is 5.69 Å². The lowest BCUT2D eigenvalue weighted by molar-refractivity contribution is -0.242. The summed E-state index contributed by atoms with van der Waals surface area (Å²) in [5.74, 6) is -4.54. The number of anilines is 1. The second kappa shape index (κ2) is 12.2. The van der Waals surface area contributed by atoms with Crippen LogP contribution in [0.25, 0.3) is 0 Å². The third-order valence-corrected chi connectivity index (χ3v) is 8.47. The van der Waals surface area contributed by atoms with Gasteiger partial charge in [-0.3, -0.25) is 19.3 Å². The van der Waals surface area contributed by atoms with Crippen molar-refractivity contribution in [3.63, 3.8) is 0 Å². The minimum Gasteiger partial charge on any atom is -0.490 e. The normalized spacial score (nSPS) is 24.3. The van der Waals surface area contributed by atoms with Crippen LogP contribution in [0.15, 0.2) is 36.4 Å². The summed E-state index contributed by atoms with van der Waals surface area (Å²) in [5, 5.41) is 9.75. The fraction of sp³-hybridized carbons (Fsp3) is 0.448. The molecule has 1 fully saturated rings. The van der Waals surface area contributed by atoms with E-state index in [0.717, 1.165) is 11.2 Å². The van der Waals surface area contributed by atoms with Crippen molar-refractivity contribution in [1.82, 2.24) is 4.90 Å². The van der Waals surface area contributed by atoms with Gasteiger partial charge in [-0.2, -0.15) is 0 Å². The van der Waals surface area contributed by atoms with Crippen LogP contribution in [0.5, 0.6) is 11.5 Å². The number of benzene rings is 2. The molecule has 2 heterocycles. The van der Waals surface area contributed by atoms with Gasteiger partial charge in [0, 0.05) is 30.7 Å². The van der Waals surface area contributed by atoms with Crippen LogP contribution in [0.1, 0.15) is 60.0 Å². The number of nitrogens with zero attached hydrogens (tertiary/aromatic N) is 1. The van der Waals surface area contributed by atoms with Crippen molar-refractivity contribution in [2.75, 3.05) is 24.3 Å². The molecule has 2 aliphatic rings. The van der Waals surface area contributed by atoms with Crippen molar-refractivity contribution in [2.24, 2.45) is 11.8 Å². The zero-order valence-corrected chi connectivity index (χ0v) is 25.1. The lowest BCUT2D eigenvalue weighted by atomic mass is 9.84. The molecular weight excluding hydrogens is 584 g/mol. The third kappa shape index (κ3) is 6.44. The van der Waals surface area contributed by atoms with Crippen molar-refractivity contribution in [3.05, 3.63) is 53.1 Å². The lowest BCUT2D eigenvalue weighted by Crippen LogP contribution is -2.55. The Morgan fingerprint density at radius 1 is 1.09 bits per heavy atom. The summed E-state index contributed by atoms with van der Waals surface area (Å²) in [7, 11) is -3.71. The number of rotatable bonds is 10. The summed E-state index contributed by atoms with van der Waals surface area (Å²) in [6.07, 6.45) is -2.61. The Morgan fingerprint density at radius 2 is 1.79 bits per heavy atom. The number of imide groups is 1. The number of ether oxygens (including phenoxy) is 4. The molecule has 232 valence electrons. The number of hydrogen-bond acceptors (Lipinski definition) is 11.